The average molecular weight is 431 g/mol. The molecule has 0 saturated carbocycles. The van der Waals surface area contributed by atoms with Crippen LogP contribution in [0.3, 0.4) is 0 Å². The Labute approximate surface area is 171 Å². The zero-order valence-corrected chi connectivity index (χ0v) is 18.1. The molecule has 1 atom stereocenters. The molecule has 1 aromatic rings. The van der Waals surface area contributed by atoms with Crippen molar-refractivity contribution in [1.82, 2.24) is 14.5 Å². The first-order valence-electron chi connectivity index (χ1n) is 9.07. The molecular weight excluding hydrogens is 404 g/mol. The number of carbonyl (C=O) groups excluding carboxylic acids is 2. The zero-order valence-electron chi connectivity index (χ0n) is 16.5. The normalized spacial score (nSPS) is 18.4. The average Bonchev–Trinajstić information content (AvgIpc) is 2.61. The second-order valence-corrected chi connectivity index (χ2v) is 9.80. The number of benzene rings is 1. The van der Waals surface area contributed by atoms with E-state index in [0.717, 1.165) is 4.31 Å². The number of halogens is 1. The standard InChI is InChI=1S/C18H27ClN4O4S/c1-12(2)17-18(25)20-8-10-23(17)9-7-16(24)21-15-11-13(5-6-14(15)19)28(26,27)22(3)4/h5-6,11-12,17H,7-10H2,1-4H3,(H,20,25)(H,21,24). The van der Waals surface area contributed by atoms with Crippen molar-refractivity contribution in [3.8, 4) is 0 Å². The van der Waals surface area contributed by atoms with Gasteiger partial charge >= 0.3 is 0 Å². The quantitative estimate of drug-likeness (QED) is 0.680. The molecule has 1 saturated heterocycles. The van der Waals surface area contributed by atoms with E-state index in [1.54, 1.807) is 0 Å². The topological polar surface area (TPSA) is 98.8 Å². The van der Waals surface area contributed by atoms with Gasteiger partial charge in [-0.25, -0.2) is 12.7 Å². The molecule has 0 aliphatic carbocycles. The Morgan fingerprint density at radius 1 is 1.39 bits per heavy atom. The van der Waals surface area contributed by atoms with Crippen molar-refractivity contribution in [3.63, 3.8) is 0 Å². The summed E-state index contributed by atoms with van der Waals surface area (Å²) in [6.07, 6.45) is 0.164. The molecule has 1 fully saturated rings. The van der Waals surface area contributed by atoms with E-state index in [9.17, 15) is 18.0 Å². The molecule has 2 rings (SSSR count). The Kier molecular flexibility index (Phi) is 7.44. The van der Waals surface area contributed by atoms with Crippen LogP contribution in [0, 0.1) is 5.92 Å². The fourth-order valence-corrected chi connectivity index (χ4v) is 4.23. The van der Waals surface area contributed by atoms with Gasteiger partial charge in [-0.2, -0.15) is 0 Å². The molecule has 0 bridgehead atoms. The lowest BCUT2D eigenvalue weighted by Crippen LogP contribution is -2.57. The van der Waals surface area contributed by atoms with E-state index in [1.165, 1.54) is 32.3 Å². The molecule has 1 aromatic carbocycles. The van der Waals surface area contributed by atoms with Crippen LogP contribution in [0.4, 0.5) is 5.69 Å². The molecule has 0 aromatic heterocycles. The lowest BCUT2D eigenvalue weighted by Gasteiger charge is -2.37. The second-order valence-electron chi connectivity index (χ2n) is 7.24. The summed E-state index contributed by atoms with van der Waals surface area (Å²) < 4.78 is 25.6. The van der Waals surface area contributed by atoms with Crippen LogP contribution in [0.1, 0.15) is 20.3 Å². The lowest BCUT2D eigenvalue weighted by molar-refractivity contribution is -0.131. The SMILES string of the molecule is CC(C)C1C(=O)NCCN1CCC(=O)Nc1cc(S(=O)(=O)N(C)C)ccc1Cl. The number of nitrogens with one attached hydrogen (secondary N) is 2. The molecular formula is C18H27ClN4O4S. The highest BCUT2D eigenvalue weighted by Gasteiger charge is 2.32. The third-order valence-corrected chi connectivity index (χ3v) is 6.75. The van der Waals surface area contributed by atoms with Crippen LogP contribution in [-0.4, -0.2) is 69.2 Å². The van der Waals surface area contributed by atoms with E-state index in [2.05, 4.69) is 10.6 Å². The van der Waals surface area contributed by atoms with Crippen LogP contribution in [0.5, 0.6) is 0 Å². The molecule has 1 unspecified atom stereocenters. The maximum Gasteiger partial charge on any atom is 0.242 e. The third-order valence-electron chi connectivity index (χ3n) is 4.61. The number of hydrogen-bond donors (Lipinski definition) is 2. The summed E-state index contributed by atoms with van der Waals surface area (Å²) in [5.74, 6) is -0.188. The minimum atomic E-state index is -3.63. The number of sulfonamides is 1. The predicted octanol–water partition coefficient (Wildman–Crippen LogP) is 1.38. The molecule has 0 spiro atoms. The smallest absolute Gasteiger partial charge is 0.242 e. The molecule has 8 nitrogen and oxygen atoms in total. The van der Waals surface area contributed by atoms with Gasteiger partial charge in [0.1, 0.15) is 0 Å². The van der Waals surface area contributed by atoms with Crippen molar-refractivity contribution in [2.75, 3.05) is 39.0 Å². The molecule has 28 heavy (non-hydrogen) atoms. The fraction of sp³-hybridized carbons (Fsp3) is 0.556. The summed E-state index contributed by atoms with van der Waals surface area (Å²) in [7, 11) is -0.768. The fourth-order valence-electron chi connectivity index (χ4n) is 3.14. The van der Waals surface area contributed by atoms with Gasteiger partial charge in [0.15, 0.2) is 0 Å². The summed E-state index contributed by atoms with van der Waals surface area (Å²) in [5.41, 5.74) is 0.242. The van der Waals surface area contributed by atoms with Crippen LogP contribution in [0.25, 0.3) is 0 Å². The van der Waals surface area contributed by atoms with Gasteiger partial charge in [0, 0.05) is 40.2 Å². The molecule has 1 aliphatic rings. The van der Waals surface area contributed by atoms with E-state index in [0.29, 0.717) is 19.6 Å². The zero-order chi connectivity index (χ0) is 21.1. The van der Waals surface area contributed by atoms with Gasteiger partial charge in [0.05, 0.1) is 21.6 Å². The van der Waals surface area contributed by atoms with Crippen molar-refractivity contribution >= 4 is 39.1 Å². The van der Waals surface area contributed by atoms with Gasteiger partial charge in [-0.15, -0.1) is 0 Å². The van der Waals surface area contributed by atoms with Gasteiger partial charge in [-0.1, -0.05) is 25.4 Å². The largest absolute Gasteiger partial charge is 0.353 e. The van der Waals surface area contributed by atoms with Crippen LogP contribution in [-0.2, 0) is 19.6 Å². The first kappa shape index (κ1) is 22.6. The van der Waals surface area contributed by atoms with Gasteiger partial charge in [0.25, 0.3) is 0 Å². The Morgan fingerprint density at radius 3 is 2.68 bits per heavy atom. The van der Waals surface area contributed by atoms with E-state index in [1.807, 2.05) is 18.7 Å². The first-order chi connectivity index (χ1) is 13.0. The van der Waals surface area contributed by atoms with Crippen LogP contribution in [0.15, 0.2) is 23.1 Å². The summed E-state index contributed by atoms with van der Waals surface area (Å²) in [6.45, 7) is 5.60. The Morgan fingerprint density at radius 2 is 2.07 bits per heavy atom. The molecule has 2 amide bonds. The highest BCUT2D eigenvalue weighted by atomic mass is 35.5. The number of rotatable bonds is 7. The maximum atomic E-state index is 12.4. The van der Waals surface area contributed by atoms with Crippen LogP contribution in [0.2, 0.25) is 5.02 Å². The van der Waals surface area contributed by atoms with Gasteiger partial charge in [-0.3, -0.25) is 14.5 Å². The summed E-state index contributed by atoms with van der Waals surface area (Å²) in [5, 5.41) is 5.78. The summed E-state index contributed by atoms with van der Waals surface area (Å²) in [6, 6.07) is 3.92. The van der Waals surface area contributed by atoms with Crippen molar-refractivity contribution in [2.45, 2.75) is 31.2 Å². The van der Waals surface area contributed by atoms with Crippen molar-refractivity contribution in [1.29, 1.82) is 0 Å². The molecule has 10 heteroatoms. The predicted molar refractivity (Wildman–Crippen MR) is 109 cm³/mol. The Bertz CT molecular complexity index is 842. The van der Waals surface area contributed by atoms with E-state index < -0.39 is 10.0 Å². The molecule has 0 radical (unpaired) electrons. The monoisotopic (exact) mass is 430 g/mol. The number of piperazine rings is 1. The Balaban J connectivity index is 2.06. The van der Waals surface area contributed by atoms with Gasteiger partial charge < -0.3 is 10.6 Å². The maximum absolute atomic E-state index is 12.4. The van der Waals surface area contributed by atoms with Gasteiger partial charge in [-0.05, 0) is 24.1 Å². The van der Waals surface area contributed by atoms with Crippen LogP contribution < -0.4 is 10.6 Å². The summed E-state index contributed by atoms with van der Waals surface area (Å²) >= 11 is 6.12. The molecule has 156 valence electrons. The molecule has 2 N–H and O–H groups in total. The van der Waals surface area contributed by atoms with Crippen molar-refractivity contribution < 1.29 is 18.0 Å². The number of hydrogen-bond acceptors (Lipinski definition) is 5. The number of amides is 2. The first-order valence-corrected chi connectivity index (χ1v) is 10.9. The van der Waals surface area contributed by atoms with E-state index >= 15 is 0 Å². The highest BCUT2D eigenvalue weighted by molar-refractivity contribution is 7.89. The van der Waals surface area contributed by atoms with Crippen molar-refractivity contribution in [2.24, 2.45) is 5.92 Å². The minimum absolute atomic E-state index is 0.0219. The van der Waals surface area contributed by atoms with Crippen molar-refractivity contribution in [3.05, 3.63) is 23.2 Å². The minimum Gasteiger partial charge on any atom is -0.353 e. The molecule has 1 aliphatic heterocycles. The van der Waals surface area contributed by atoms with E-state index in [-0.39, 0.29) is 45.8 Å². The number of nitrogens with zero attached hydrogens (tertiary/aromatic N) is 2. The van der Waals surface area contributed by atoms with Gasteiger partial charge in [0.2, 0.25) is 21.8 Å². The van der Waals surface area contributed by atoms with E-state index in [4.69, 9.17) is 11.6 Å². The number of carbonyl (C=O) groups is 2. The highest BCUT2D eigenvalue weighted by Crippen LogP contribution is 2.26. The molecule has 1 heterocycles. The Hall–Kier alpha value is -1.68. The lowest BCUT2D eigenvalue weighted by atomic mass is 9.99. The third kappa shape index (κ3) is 5.22. The summed E-state index contributed by atoms with van der Waals surface area (Å²) in [4.78, 5) is 26.5. The van der Waals surface area contributed by atoms with Crippen LogP contribution >= 0.6 is 11.6 Å². The second kappa shape index (κ2) is 9.21. The number of anilines is 1.